The van der Waals surface area contributed by atoms with Crippen LogP contribution in [-0.2, 0) is 0 Å². The topological polar surface area (TPSA) is 32.3 Å². The quantitative estimate of drug-likeness (QED) is 0.795. The van der Waals surface area contributed by atoms with E-state index in [4.69, 9.17) is 0 Å². The van der Waals surface area contributed by atoms with Crippen molar-refractivity contribution < 1.29 is 5.11 Å². The first-order chi connectivity index (χ1) is 6.74. The van der Waals surface area contributed by atoms with Crippen LogP contribution in [0.15, 0.2) is 28.7 Å². The van der Waals surface area contributed by atoms with E-state index in [-0.39, 0.29) is 0 Å². The van der Waals surface area contributed by atoms with Crippen LogP contribution in [0.1, 0.15) is 25.0 Å². The van der Waals surface area contributed by atoms with Gasteiger partial charge in [-0.2, -0.15) is 0 Å². The Morgan fingerprint density at radius 2 is 2.00 bits per heavy atom. The largest absolute Gasteiger partial charge is 0.387 e. The smallest absolute Gasteiger partial charge is 0.0914 e. The van der Waals surface area contributed by atoms with Gasteiger partial charge in [0.2, 0.25) is 0 Å². The molecule has 0 saturated heterocycles. The molecule has 1 aromatic carbocycles. The zero-order valence-corrected chi connectivity index (χ0v) is 9.92. The third-order valence-corrected chi connectivity index (χ3v) is 2.55. The van der Waals surface area contributed by atoms with E-state index < -0.39 is 6.10 Å². The fraction of sp³-hybridized carbons (Fsp3) is 0.455. The number of hydrogen-bond acceptors (Lipinski definition) is 2. The molecular formula is C11H16BrNO. The average molecular weight is 258 g/mol. The summed E-state index contributed by atoms with van der Waals surface area (Å²) in [5, 5.41) is 12.9. The number of hydrogen-bond donors (Lipinski definition) is 2. The van der Waals surface area contributed by atoms with Gasteiger partial charge in [0.1, 0.15) is 0 Å². The molecule has 2 N–H and O–H groups in total. The Morgan fingerprint density at radius 3 is 2.57 bits per heavy atom. The minimum absolute atomic E-state index is 0.408. The lowest BCUT2D eigenvalue weighted by Gasteiger charge is -2.11. The molecule has 78 valence electrons. The molecule has 0 aliphatic heterocycles. The van der Waals surface area contributed by atoms with E-state index in [2.05, 4.69) is 28.2 Å². The number of rotatable bonds is 5. The Morgan fingerprint density at radius 1 is 1.36 bits per heavy atom. The van der Waals surface area contributed by atoms with Crippen LogP contribution in [-0.4, -0.2) is 18.2 Å². The predicted molar refractivity (Wildman–Crippen MR) is 62.3 cm³/mol. The fourth-order valence-electron chi connectivity index (χ4n) is 1.22. The molecule has 0 saturated carbocycles. The van der Waals surface area contributed by atoms with Crippen LogP contribution in [0.2, 0.25) is 0 Å². The van der Waals surface area contributed by atoms with Crippen molar-refractivity contribution in [3.05, 3.63) is 34.3 Å². The van der Waals surface area contributed by atoms with Gasteiger partial charge in [-0.1, -0.05) is 35.0 Å². The summed E-state index contributed by atoms with van der Waals surface area (Å²) in [6.45, 7) is 3.68. The lowest BCUT2D eigenvalue weighted by molar-refractivity contribution is 0.175. The Hall–Kier alpha value is -0.380. The van der Waals surface area contributed by atoms with Crippen LogP contribution < -0.4 is 5.32 Å². The van der Waals surface area contributed by atoms with Crippen molar-refractivity contribution in [2.45, 2.75) is 19.4 Å². The van der Waals surface area contributed by atoms with E-state index in [1.165, 1.54) is 0 Å². The molecule has 0 aliphatic carbocycles. The first-order valence-electron chi connectivity index (χ1n) is 4.88. The van der Waals surface area contributed by atoms with E-state index in [1.54, 1.807) is 0 Å². The molecule has 1 aromatic rings. The lowest BCUT2D eigenvalue weighted by Crippen LogP contribution is -2.21. The Labute approximate surface area is 93.5 Å². The summed E-state index contributed by atoms with van der Waals surface area (Å²) in [7, 11) is 0. The highest BCUT2D eigenvalue weighted by molar-refractivity contribution is 9.10. The first kappa shape index (κ1) is 11.7. The fourth-order valence-corrected chi connectivity index (χ4v) is 1.48. The van der Waals surface area contributed by atoms with E-state index in [0.717, 1.165) is 23.0 Å². The molecule has 0 radical (unpaired) electrons. The average Bonchev–Trinajstić information content (AvgIpc) is 2.19. The summed E-state index contributed by atoms with van der Waals surface area (Å²) in [5.41, 5.74) is 0.955. The van der Waals surface area contributed by atoms with Crippen molar-refractivity contribution in [3.63, 3.8) is 0 Å². The van der Waals surface area contributed by atoms with Crippen molar-refractivity contribution >= 4 is 15.9 Å². The Balaban J connectivity index is 2.43. The lowest BCUT2D eigenvalue weighted by atomic mass is 10.1. The van der Waals surface area contributed by atoms with Crippen LogP contribution in [0.3, 0.4) is 0 Å². The zero-order valence-electron chi connectivity index (χ0n) is 8.33. The standard InChI is InChI=1S/C11H16BrNO/c1-2-7-13-8-11(14)9-3-5-10(12)6-4-9/h3-6,11,13-14H,2,7-8H2,1H3. The van der Waals surface area contributed by atoms with Gasteiger partial charge in [-0.05, 0) is 30.7 Å². The van der Waals surface area contributed by atoms with Gasteiger partial charge in [0.25, 0.3) is 0 Å². The van der Waals surface area contributed by atoms with Crippen molar-refractivity contribution in [1.82, 2.24) is 5.32 Å². The SMILES string of the molecule is CCCNCC(O)c1ccc(Br)cc1. The monoisotopic (exact) mass is 257 g/mol. The van der Waals surface area contributed by atoms with Gasteiger partial charge in [-0.3, -0.25) is 0 Å². The molecule has 2 nitrogen and oxygen atoms in total. The second-order valence-corrected chi connectivity index (χ2v) is 4.19. The summed E-state index contributed by atoms with van der Waals surface area (Å²) in [5.74, 6) is 0. The van der Waals surface area contributed by atoms with E-state index in [9.17, 15) is 5.11 Å². The van der Waals surface area contributed by atoms with Crippen molar-refractivity contribution in [1.29, 1.82) is 0 Å². The third-order valence-electron chi connectivity index (χ3n) is 2.02. The third kappa shape index (κ3) is 3.78. The minimum atomic E-state index is -0.408. The molecule has 0 fully saturated rings. The van der Waals surface area contributed by atoms with Gasteiger partial charge in [0.05, 0.1) is 6.10 Å². The van der Waals surface area contributed by atoms with E-state index in [1.807, 2.05) is 24.3 Å². The molecule has 0 spiro atoms. The molecule has 1 rings (SSSR count). The van der Waals surface area contributed by atoms with Gasteiger partial charge in [0.15, 0.2) is 0 Å². The van der Waals surface area contributed by atoms with Gasteiger partial charge in [0, 0.05) is 11.0 Å². The number of nitrogens with one attached hydrogen (secondary N) is 1. The normalized spacial score (nSPS) is 12.8. The minimum Gasteiger partial charge on any atom is -0.387 e. The summed E-state index contributed by atoms with van der Waals surface area (Å²) >= 11 is 3.36. The highest BCUT2D eigenvalue weighted by Gasteiger charge is 2.05. The van der Waals surface area contributed by atoms with Gasteiger partial charge < -0.3 is 10.4 Å². The second-order valence-electron chi connectivity index (χ2n) is 3.27. The molecule has 0 aliphatic rings. The maximum absolute atomic E-state index is 9.76. The molecule has 0 amide bonds. The van der Waals surface area contributed by atoms with Crippen molar-refractivity contribution in [3.8, 4) is 0 Å². The van der Waals surface area contributed by atoms with Crippen LogP contribution in [0, 0.1) is 0 Å². The van der Waals surface area contributed by atoms with E-state index >= 15 is 0 Å². The van der Waals surface area contributed by atoms with Crippen molar-refractivity contribution in [2.75, 3.05) is 13.1 Å². The second kappa shape index (κ2) is 6.17. The molecule has 14 heavy (non-hydrogen) atoms. The van der Waals surface area contributed by atoms with Gasteiger partial charge in [-0.25, -0.2) is 0 Å². The first-order valence-corrected chi connectivity index (χ1v) is 5.67. The molecule has 1 atom stereocenters. The maximum atomic E-state index is 9.76. The number of aliphatic hydroxyl groups excluding tert-OH is 1. The van der Waals surface area contributed by atoms with Gasteiger partial charge >= 0.3 is 0 Å². The molecule has 0 aromatic heterocycles. The summed E-state index contributed by atoms with van der Waals surface area (Å²) < 4.78 is 1.04. The number of aliphatic hydroxyl groups is 1. The van der Waals surface area contributed by atoms with Crippen molar-refractivity contribution in [2.24, 2.45) is 0 Å². The molecule has 0 heterocycles. The van der Waals surface area contributed by atoms with E-state index in [0.29, 0.717) is 6.54 Å². The molecule has 0 bridgehead atoms. The van der Waals surface area contributed by atoms with Gasteiger partial charge in [-0.15, -0.1) is 0 Å². The number of halogens is 1. The zero-order chi connectivity index (χ0) is 10.4. The van der Waals surface area contributed by atoms with Crippen LogP contribution >= 0.6 is 15.9 Å². The predicted octanol–water partition coefficient (Wildman–Crippen LogP) is 2.48. The Bertz CT molecular complexity index is 260. The number of benzene rings is 1. The molecule has 1 unspecified atom stereocenters. The highest BCUT2D eigenvalue weighted by Crippen LogP contribution is 2.15. The highest BCUT2D eigenvalue weighted by atomic mass is 79.9. The maximum Gasteiger partial charge on any atom is 0.0914 e. The molecular weight excluding hydrogens is 242 g/mol. The Kier molecular flexibility index (Phi) is 5.15. The molecule has 3 heteroatoms. The van der Waals surface area contributed by atoms with Crippen LogP contribution in [0.4, 0.5) is 0 Å². The van der Waals surface area contributed by atoms with Crippen LogP contribution in [0.5, 0.6) is 0 Å². The van der Waals surface area contributed by atoms with Crippen LogP contribution in [0.25, 0.3) is 0 Å². The summed E-state index contributed by atoms with van der Waals surface area (Å²) in [4.78, 5) is 0. The summed E-state index contributed by atoms with van der Waals surface area (Å²) in [6.07, 6.45) is 0.683. The summed E-state index contributed by atoms with van der Waals surface area (Å²) in [6, 6.07) is 7.75.